The number of methoxy groups -OCH3 is 1. The first-order chi connectivity index (χ1) is 16.2. The second kappa shape index (κ2) is 10.7. The molecule has 1 saturated heterocycles. The molecule has 3 N–H and O–H groups in total. The van der Waals surface area contributed by atoms with Crippen molar-refractivity contribution in [3.63, 3.8) is 0 Å². The van der Waals surface area contributed by atoms with E-state index in [1.807, 2.05) is 24.3 Å². The molecule has 5 rings (SSSR count). The van der Waals surface area contributed by atoms with E-state index < -0.39 is 0 Å². The number of amides is 1. The van der Waals surface area contributed by atoms with Gasteiger partial charge >= 0.3 is 0 Å². The molecule has 172 valence electrons. The topological polar surface area (TPSA) is 129 Å². The van der Waals surface area contributed by atoms with Crippen LogP contribution >= 0.6 is 0 Å². The van der Waals surface area contributed by atoms with Gasteiger partial charge in [-0.3, -0.25) is 4.79 Å². The Balaban J connectivity index is 0.000000163. The fourth-order valence-corrected chi connectivity index (χ4v) is 3.72. The number of hydrogen-bond acceptors (Lipinski definition) is 8. The van der Waals surface area contributed by atoms with Crippen LogP contribution in [0.3, 0.4) is 0 Å². The van der Waals surface area contributed by atoms with Crippen LogP contribution in [0.5, 0.6) is 5.75 Å². The summed E-state index contributed by atoms with van der Waals surface area (Å²) in [6.07, 6.45) is 6.27. The summed E-state index contributed by atoms with van der Waals surface area (Å²) in [5, 5.41) is 12.3. The van der Waals surface area contributed by atoms with Crippen LogP contribution in [0.1, 0.15) is 29.8 Å². The zero-order valence-electron chi connectivity index (χ0n) is 18.5. The second-order valence-electron chi connectivity index (χ2n) is 7.55. The molecule has 1 aliphatic heterocycles. The van der Waals surface area contributed by atoms with Crippen LogP contribution in [-0.4, -0.2) is 69.3 Å². The highest BCUT2D eigenvalue weighted by atomic mass is 16.5. The Morgan fingerprint density at radius 1 is 1.21 bits per heavy atom. The Morgan fingerprint density at radius 3 is 2.82 bits per heavy atom. The van der Waals surface area contributed by atoms with Gasteiger partial charge in [0.2, 0.25) is 0 Å². The number of carbonyl (C=O) groups excluding carboxylic acids is 1. The minimum atomic E-state index is -0.266. The van der Waals surface area contributed by atoms with Crippen LogP contribution in [0.15, 0.2) is 43.0 Å². The minimum Gasteiger partial charge on any atom is -0.496 e. The lowest BCUT2D eigenvalue weighted by Gasteiger charge is -2.15. The molecule has 10 heteroatoms. The number of H-pyrrole nitrogens is 1. The number of nitrogens with one attached hydrogen (secondary N) is 2. The third-order valence-corrected chi connectivity index (χ3v) is 5.36. The largest absolute Gasteiger partial charge is 0.496 e. The predicted octanol–water partition coefficient (Wildman–Crippen LogP) is 2.31. The maximum atomic E-state index is 11.9. The van der Waals surface area contributed by atoms with E-state index >= 15 is 0 Å². The summed E-state index contributed by atoms with van der Waals surface area (Å²) in [7, 11) is 1.56. The molecule has 0 saturated carbocycles. The fourth-order valence-electron chi connectivity index (χ4n) is 3.72. The van der Waals surface area contributed by atoms with Gasteiger partial charge in [0.1, 0.15) is 23.3 Å². The van der Waals surface area contributed by atoms with E-state index in [1.54, 1.807) is 25.8 Å². The third-order valence-electron chi connectivity index (χ3n) is 5.36. The molecule has 0 radical (unpaired) electrons. The molecule has 1 fully saturated rings. The van der Waals surface area contributed by atoms with Gasteiger partial charge in [-0.1, -0.05) is 12.1 Å². The van der Waals surface area contributed by atoms with Crippen LogP contribution in [0, 0.1) is 0 Å². The van der Waals surface area contributed by atoms with Gasteiger partial charge in [0.15, 0.2) is 11.5 Å². The van der Waals surface area contributed by atoms with Crippen molar-refractivity contribution in [2.24, 2.45) is 0 Å². The van der Waals surface area contributed by atoms with Gasteiger partial charge in [0.05, 0.1) is 19.0 Å². The quantitative estimate of drug-likeness (QED) is 0.383. The highest BCUT2D eigenvalue weighted by molar-refractivity contribution is 5.97. The number of rotatable bonds is 6. The number of fused-ring (bicyclic) bond motifs is 2. The monoisotopic (exact) mass is 449 g/mol. The molecule has 0 bridgehead atoms. The number of aromatic nitrogens is 5. The fraction of sp³-hybridized carbons (Fsp3) is 0.348. The van der Waals surface area contributed by atoms with Crippen molar-refractivity contribution in [3.05, 3.63) is 48.7 Å². The molecule has 1 amide bonds. The molecule has 1 aromatic carbocycles. The summed E-state index contributed by atoms with van der Waals surface area (Å²) >= 11 is 0. The van der Waals surface area contributed by atoms with Crippen molar-refractivity contribution in [2.45, 2.75) is 19.3 Å². The number of ether oxygens (including phenoxy) is 1. The van der Waals surface area contributed by atoms with Gasteiger partial charge in [0.25, 0.3) is 5.91 Å². The first-order valence-corrected chi connectivity index (χ1v) is 10.9. The smallest absolute Gasteiger partial charge is 0.270 e. The number of hydrogen-bond donors (Lipinski definition) is 3. The second-order valence-corrected chi connectivity index (χ2v) is 7.55. The molecular weight excluding hydrogens is 422 g/mol. The molecule has 4 heterocycles. The number of aromatic amines is 1. The maximum Gasteiger partial charge on any atom is 0.270 e. The van der Waals surface area contributed by atoms with Gasteiger partial charge in [-0.25, -0.2) is 19.9 Å². The maximum absolute atomic E-state index is 11.9. The number of benzene rings is 1. The zero-order valence-corrected chi connectivity index (χ0v) is 18.5. The van der Waals surface area contributed by atoms with Crippen molar-refractivity contribution in [2.75, 3.05) is 38.3 Å². The van der Waals surface area contributed by atoms with E-state index in [1.165, 1.54) is 12.8 Å². The lowest BCUT2D eigenvalue weighted by molar-refractivity contribution is 0.0946. The van der Waals surface area contributed by atoms with Crippen LogP contribution in [0.4, 0.5) is 5.82 Å². The molecular formula is C23H27N7O3. The number of aliphatic hydroxyl groups is 1. The van der Waals surface area contributed by atoms with Gasteiger partial charge in [0, 0.05) is 37.7 Å². The van der Waals surface area contributed by atoms with E-state index in [4.69, 9.17) is 9.84 Å². The first-order valence-electron chi connectivity index (χ1n) is 10.9. The van der Waals surface area contributed by atoms with Crippen molar-refractivity contribution in [1.29, 1.82) is 0 Å². The third kappa shape index (κ3) is 5.17. The summed E-state index contributed by atoms with van der Waals surface area (Å²) in [6, 6.07) is 9.11. The molecule has 0 aliphatic carbocycles. The molecule has 0 atom stereocenters. The van der Waals surface area contributed by atoms with Crippen molar-refractivity contribution in [3.8, 4) is 5.75 Å². The molecule has 10 nitrogen and oxygen atoms in total. The van der Waals surface area contributed by atoms with Crippen molar-refractivity contribution < 1.29 is 14.6 Å². The average Bonchev–Trinajstić information content (AvgIpc) is 3.56. The molecule has 1 aliphatic rings. The molecule has 4 aromatic rings. The Bertz CT molecular complexity index is 1220. The average molecular weight is 450 g/mol. The summed E-state index contributed by atoms with van der Waals surface area (Å²) in [5.41, 5.74) is 2.74. The minimum absolute atomic E-state index is 0.0503. The Labute approximate surface area is 191 Å². The van der Waals surface area contributed by atoms with E-state index in [0.717, 1.165) is 35.5 Å². The van der Waals surface area contributed by atoms with Crippen molar-refractivity contribution >= 4 is 33.8 Å². The highest BCUT2D eigenvalue weighted by Gasteiger charge is 2.17. The first kappa shape index (κ1) is 22.4. The molecule has 0 unspecified atom stereocenters. The van der Waals surface area contributed by atoms with Crippen LogP contribution in [0.25, 0.3) is 22.1 Å². The zero-order chi connectivity index (χ0) is 23.0. The van der Waals surface area contributed by atoms with Crippen LogP contribution < -0.4 is 15.0 Å². The van der Waals surface area contributed by atoms with Crippen LogP contribution in [0.2, 0.25) is 0 Å². The van der Waals surface area contributed by atoms with E-state index in [2.05, 4.69) is 35.1 Å². The number of aliphatic hydroxyl groups excluding tert-OH is 1. The van der Waals surface area contributed by atoms with E-state index in [-0.39, 0.29) is 12.5 Å². The Hall–Kier alpha value is -3.79. The Morgan fingerprint density at radius 2 is 2.03 bits per heavy atom. The SMILES string of the molecule is COc1cc(C(=O)NCCCO)nc2ccccc12.c1nc(N2CCCC2)c2[nH]cnc2n1. The number of carbonyl (C=O) groups is 1. The number of pyridine rings is 1. The van der Waals surface area contributed by atoms with E-state index in [0.29, 0.717) is 29.9 Å². The van der Waals surface area contributed by atoms with Gasteiger partial charge in [-0.15, -0.1) is 0 Å². The van der Waals surface area contributed by atoms with Gasteiger partial charge in [-0.2, -0.15) is 0 Å². The van der Waals surface area contributed by atoms with Crippen molar-refractivity contribution in [1.82, 2.24) is 30.2 Å². The summed E-state index contributed by atoms with van der Waals surface area (Å²) < 4.78 is 5.28. The normalized spacial score (nSPS) is 13.1. The summed E-state index contributed by atoms with van der Waals surface area (Å²) in [6.45, 7) is 2.65. The number of para-hydroxylation sites is 1. The summed E-state index contributed by atoms with van der Waals surface area (Å²) in [5.74, 6) is 1.35. The molecule has 0 spiro atoms. The number of imidazole rings is 1. The number of anilines is 1. The van der Waals surface area contributed by atoms with E-state index in [9.17, 15) is 4.79 Å². The van der Waals surface area contributed by atoms with Gasteiger partial charge < -0.3 is 25.0 Å². The molecule has 3 aromatic heterocycles. The predicted molar refractivity (Wildman–Crippen MR) is 125 cm³/mol. The lowest BCUT2D eigenvalue weighted by Crippen LogP contribution is -2.26. The molecule has 33 heavy (non-hydrogen) atoms. The Kier molecular flexibility index (Phi) is 7.26. The number of nitrogens with zero attached hydrogens (tertiary/aromatic N) is 5. The standard InChI is InChI=1S/C14H16N2O3.C9H11N5/c1-19-13-9-12(14(18)15-7-4-8-17)16-11-6-3-2-5-10(11)13;1-2-4-14(3-1)9-7-8(11-5-10-7)12-6-13-9/h2-3,5-6,9,17H,4,7-8H2,1H3,(H,15,18);5-6H,1-4H2,(H,10,11,12,13). The van der Waals surface area contributed by atoms with Gasteiger partial charge in [-0.05, 0) is 31.4 Å². The highest BCUT2D eigenvalue weighted by Crippen LogP contribution is 2.25. The summed E-state index contributed by atoms with van der Waals surface area (Å²) in [4.78, 5) is 34.1. The lowest BCUT2D eigenvalue weighted by atomic mass is 10.1. The van der Waals surface area contributed by atoms with Crippen LogP contribution in [-0.2, 0) is 0 Å².